The number of hydrogen-bond donors (Lipinski definition) is 3. The predicted octanol–water partition coefficient (Wildman–Crippen LogP) is 0.493. The van der Waals surface area contributed by atoms with Crippen molar-refractivity contribution in [1.29, 1.82) is 0 Å². The number of aliphatic carboxylic acids is 2. The van der Waals surface area contributed by atoms with Crippen molar-refractivity contribution in [2.45, 2.75) is 6.42 Å². The van der Waals surface area contributed by atoms with Crippen LogP contribution in [0.3, 0.4) is 0 Å². The summed E-state index contributed by atoms with van der Waals surface area (Å²) in [6, 6.07) is 7.91. The van der Waals surface area contributed by atoms with Crippen LogP contribution in [0.1, 0.15) is 6.42 Å². The molecule has 4 N–H and O–H groups in total. The van der Waals surface area contributed by atoms with E-state index in [0.717, 1.165) is 43.4 Å². The third kappa shape index (κ3) is 7.30. The molecule has 24 heavy (non-hydrogen) atoms. The van der Waals surface area contributed by atoms with E-state index in [4.69, 9.17) is 37.1 Å². The van der Waals surface area contributed by atoms with E-state index in [2.05, 4.69) is 15.9 Å². The quantitative estimate of drug-likeness (QED) is 0.670. The Kier molecular flexibility index (Phi) is 8.00. The van der Waals surface area contributed by atoms with Crippen LogP contribution >= 0.6 is 11.6 Å². The average molecular weight is 358 g/mol. The summed E-state index contributed by atoms with van der Waals surface area (Å²) < 4.78 is 0. The second kappa shape index (κ2) is 9.74. The lowest BCUT2D eigenvalue weighted by Gasteiger charge is -2.36. The first-order chi connectivity index (χ1) is 11.3. The number of carbonyl (C=O) groups excluding carboxylic acids is 1. The van der Waals surface area contributed by atoms with Crippen LogP contribution in [-0.4, -0.2) is 65.7 Å². The lowest BCUT2D eigenvalue weighted by Crippen LogP contribution is -2.47. The molecule has 1 aliphatic rings. The largest absolute Gasteiger partial charge is 0.473 e. The predicted molar refractivity (Wildman–Crippen MR) is 89.2 cm³/mol. The Morgan fingerprint density at radius 3 is 2.12 bits per heavy atom. The van der Waals surface area contributed by atoms with Gasteiger partial charge in [-0.1, -0.05) is 17.7 Å². The summed E-state index contributed by atoms with van der Waals surface area (Å²) in [4.78, 5) is 33.5. The maximum absolute atomic E-state index is 10.7. The van der Waals surface area contributed by atoms with E-state index in [9.17, 15) is 4.79 Å². The number of primary amides is 1. The highest BCUT2D eigenvalue weighted by Gasteiger charge is 2.17. The zero-order valence-corrected chi connectivity index (χ0v) is 13.8. The number of carbonyl (C=O) groups is 3. The molecule has 1 aromatic rings. The lowest BCUT2D eigenvalue weighted by atomic mass is 10.2. The Morgan fingerprint density at radius 2 is 1.67 bits per heavy atom. The van der Waals surface area contributed by atoms with Gasteiger partial charge in [-0.25, -0.2) is 9.59 Å². The molecule has 1 fully saturated rings. The van der Waals surface area contributed by atoms with Gasteiger partial charge < -0.3 is 20.8 Å². The van der Waals surface area contributed by atoms with E-state index < -0.39 is 11.9 Å². The molecule has 0 radical (unpaired) electrons. The highest BCUT2D eigenvalue weighted by molar-refractivity contribution is 6.30. The molecule has 0 aliphatic carbocycles. The van der Waals surface area contributed by atoms with Crippen molar-refractivity contribution in [2.75, 3.05) is 37.6 Å². The molecular weight excluding hydrogens is 338 g/mol. The van der Waals surface area contributed by atoms with E-state index >= 15 is 0 Å². The molecule has 2 rings (SSSR count). The number of carboxylic acids is 2. The second-order valence-electron chi connectivity index (χ2n) is 5.14. The first-order valence-corrected chi connectivity index (χ1v) is 7.64. The minimum absolute atomic E-state index is 0.229. The van der Waals surface area contributed by atoms with Crippen LogP contribution < -0.4 is 10.6 Å². The molecule has 1 saturated heterocycles. The summed E-state index contributed by atoms with van der Waals surface area (Å²) in [5.41, 5.74) is 6.32. The van der Waals surface area contributed by atoms with Crippen molar-refractivity contribution in [3.05, 3.63) is 29.3 Å². The van der Waals surface area contributed by atoms with E-state index in [1.165, 1.54) is 0 Å². The normalized spacial score (nSPS) is 14.5. The van der Waals surface area contributed by atoms with Crippen LogP contribution in [-0.2, 0) is 14.4 Å². The van der Waals surface area contributed by atoms with E-state index in [1.54, 1.807) is 0 Å². The molecule has 0 atom stereocenters. The van der Waals surface area contributed by atoms with Crippen molar-refractivity contribution in [3.8, 4) is 0 Å². The molecule has 132 valence electrons. The minimum atomic E-state index is -1.82. The van der Waals surface area contributed by atoms with Gasteiger partial charge in [-0.2, -0.15) is 0 Å². The summed E-state index contributed by atoms with van der Waals surface area (Å²) in [6.07, 6.45) is 0.442. The Hall–Kier alpha value is -2.32. The van der Waals surface area contributed by atoms with Crippen LogP contribution in [0.5, 0.6) is 0 Å². The number of hydrogen-bond acceptors (Lipinski definition) is 5. The van der Waals surface area contributed by atoms with Crippen LogP contribution in [0.15, 0.2) is 24.3 Å². The van der Waals surface area contributed by atoms with Gasteiger partial charge in [0.25, 0.3) is 0 Å². The van der Waals surface area contributed by atoms with Crippen LogP contribution in [0, 0.1) is 0 Å². The summed E-state index contributed by atoms with van der Waals surface area (Å²) >= 11 is 5.99. The number of nitrogens with two attached hydrogens (primary N) is 1. The third-order valence-electron chi connectivity index (χ3n) is 3.40. The van der Waals surface area contributed by atoms with Crippen molar-refractivity contribution >= 4 is 35.1 Å². The molecule has 0 aromatic heterocycles. The van der Waals surface area contributed by atoms with Gasteiger partial charge >= 0.3 is 11.9 Å². The fourth-order valence-corrected chi connectivity index (χ4v) is 2.36. The summed E-state index contributed by atoms with van der Waals surface area (Å²) in [5, 5.41) is 15.5. The van der Waals surface area contributed by atoms with Crippen LogP contribution in [0.2, 0.25) is 5.02 Å². The summed E-state index contributed by atoms with van der Waals surface area (Å²) in [6.45, 7) is 4.59. The monoisotopic (exact) mass is 357 g/mol. The second-order valence-corrected chi connectivity index (χ2v) is 5.57. The van der Waals surface area contributed by atoms with Gasteiger partial charge in [0.05, 0.1) is 0 Å². The highest BCUT2D eigenvalue weighted by atomic mass is 35.5. The zero-order valence-electron chi connectivity index (χ0n) is 13.0. The lowest BCUT2D eigenvalue weighted by molar-refractivity contribution is -0.159. The van der Waals surface area contributed by atoms with Crippen LogP contribution in [0.4, 0.5) is 5.69 Å². The van der Waals surface area contributed by atoms with Gasteiger partial charge in [0, 0.05) is 49.9 Å². The van der Waals surface area contributed by atoms with Crippen molar-refractivity contribution < 1.29 is 24.6 Å². The Morgan fingerprint density at radius 1 is 1.08 bits per heavy atom. The number of nitrogens with zero attached hydrogens (tertiary/aromatic N) is 2. The van der Waals surface area contributed by atoms with Gasteiger partial charge in [-0.05, 0) is 18.2 Å². The molecule has 0 spiro atoms. The number of piperazine rings is 1. The fourth-order valence-electron chi connectivity index (χ4n) is 2.17. The third-order valence-corrected chi connectivity index (χ3v) is 3.64. The smallest absolute Gasteiger partial charge is 0.414 e. The van der Waals surface area contributed by atoms with Gasteiger partial charge in [0.1, 0.15) is 0 Å². The average Bonchev–Trinajstić information content (AvgIpc) is 2.54. The Balaban J connectivity index is 0.000000413. The molecule has 9 heteroatoms. The van der Waals surface area contributed by atoms with E-state index in [1.807, 2.05) is 18.2 Å². The fraction of sp³-hybridized carbons (Fsp3) is 0.400. The number of benzene rings is 1. The minimum Gasteiger partial charge on any atom is -0.473 e. The van der Waals surface area contributed by atoms with Gasteiger partial charge in [0.2, 0.25) is 5.91 Å². The van der Waals surface area contributed by atoms with Gasteiger partial charge in [-0.3, -0.25) is 9.69 Å². The van der Waals surface area contributed by atoms with Gasteiger partial charge in [-0.15, -0.1) is 0 Å². The number of carboxylic acid groups (broad SMARTS) is 2. The molecule has 1 amide bonds. The van der Waals surface area contributed by atoms with Crippen molar-refractivity contribution in [2.24, 2.45) is 5.73 Å². The molecule has 1 aliphatic heterocycles. The molecule has 1 aromatic carbocycles. The first-order valence-electron chi connectivity index (χ1n) is 7.27. The van der Waals surface area contributed by atoms with E-state index in [-0.39, 0.29) is 5.91 Å². The number of halogens is 1. The van der Waals surface area contributed by atoms with Crippen LogP contribution in [0.25, 0.3) is 0 Å². The van der Waals surface area contributed by atoms with Gasteiger partial charge in [0.15, 0.2) is 0 Å². The molecule has 0 saturated carbocycles. The van der Waals surface area contributed by atoms with Crippen molar-refractivity contribution in [3.63, 3.8) is 0 Å². The summed E-state index contributed by atoms with van der Waals surface area (Å²) in [5.74, 6) is -3.88. The molecule has 0 unspecified atom stereocenters. The van der Waals surface area contributed by atoms with Crippen molar-refractivity contribution in [1.82, 2.24) is 4.90 Å². The topological polar surface area (TPSA) is 124 Å². The van der Waals surface area contributed by atoms with E-state index in [0.29, 0.717) is 6.42 Å². The zero-order chi connectivity index (χ0) is 18.1. The summed E-state index contributed by atoms with van der Waals surface area (Å²) in [7, 11) is 0. The number of anilines is 1. The standard InChI is InChI=1S/C13H18ClN3O.C2H2O4/c14-11-2-1-3-12(10-11)17-8-6-16(7-9-17)5-4-13(15)18;3-1(4)2(5)6/h1-3,10H,4-9H2,(H2,15,18);(H,3,4)(H,5,6). The Labute approximate surface area is 144 Å². The Bertz CT molecular complexity index is 576. The molecule has 0 bridgehead atoms. The first kappa shape index (κ1) is 19.7. The molecule has 1 heterocycles. The maximum atomic E-state index is 10.7. The highest BCUT2D eigenvalue weighted by Crippen LogP contribution is 2.20. The number of rotatable bonds is 4. The number of amides is 1. The maximum Gasteiger partial charge on any atom is 0.414 e. The molecular formula is C15H20ClN3O5. The SMILES string of the molecule is NC(=O)CCN1CCN(c2cccc(Cl)c2)CC1.O=C(O)C(=O)O. The molecule has 8 nitrogen and oxygen atoms in total.